The highest BCUT2D eigenvalue weighted by Gasteiger charge is 2.27. The van der Waals surface area contributed by atoms with Gasteiger partial charge in [-0.15, -0.1) is 0 Å². The molecule has 1 N–H and O–H groups in total. The number of hydrogen-bond acceptors (Lipinski definition) is 1. The van der Waals surface area contributed by atoms with Crippen molar-refractivity contribution in [1.29, 1.82) is 0 Å². The van der Waals surface area contributed by atoms with E-state index >= 15 is 0 Å². The van der Waals surface area contributed by atoms with Crippen LogP contribution in [0, 0.1) is 6.92 Å². The van der Waals surface area contributed by atoms with Gasteiger partial charge in [0.05, 0.1) is 6.54 Å². The van der Waals surface area contributed by atoms with E-state index in [1.54, 1.807) is 6.92 Å². The van der Waals surface area contributed by atoms with Crippen molar-refractivity contribution in [2.24, 2.45) is 0 Å². The van der Waals surface area contributed by atoms with E-state index in [0.29, 0.717) is 0 Å². The van der Waals surface area contributed by atoms with Gasteiger partial charge >= 0.3 is 5.97 Å². The van der Waals surface area contributed by atoms with E-state index < -0.39 is 12.0 Å². The van der Waals surface area contributed by atoms with E-state index in [-0.39, 0.29) is 0 Å². The van der Waals surface area contributed by atoms with Crippen molar-refractivity contribution in [2.45, 2.75) is 104 Å². The zero-order valence-corrected chi connectivity index (χ0v) is 16.2. The first-order valence-corrected chi connectivity index (χ1v) is 9.85. The molecule has 0 saturated heterocycles. The largest absolute Gasteiger partial charge is 0.478 e. The van der Waals surface area contributed by atoms with Gasteiger partial charge in [-0.25, -0.2) is 13.9 Å². The summed E-state index contributed by atoms with van der Waals surface area (Å²) >= 11 is 0. The minimum Gasteiger partial charge on any atom is -0.478 e. The van der Waals surface area contributed by atoms with Crippen LogP contribution in [0.1, 0.15) is 96.1 Å². The molecule has 1 rings (SSSR count). The molecule has 1 aromatic rings. The second-order valence-electron chi connectivity index (χ2n) is 6.93. The van der Waals surface area contributed by atoms with Crippen LogP contribution in [0.25, 0.3) is 0 Å². The molecule has 138 valence electrons. The van der Waals surface area contributed by atoms with Gasteiger partial charge in [0.25, 0.3) is 5.82 Å². The Labute approximate surface area is 147 Å². The molecule has 0 spiro atoms. The molecule has 1 unspecified atom stereocenters. The lowest BCUT2D eigenvalue weighted by Gasteiger charge is -2.08. The minimum absolute atomic E-state index is 0.495. The molecule has 0 aliphatic rings. The summed E-state index contributed by atoms with van der Waals surface area (Å²) in [5.74, 6) is 0.398. The molecule has 0 saturated carbocycles. The number of carboxylic acids is 1. The van der Waals surface area contributed by atoms with Crippen LogP contribution in [0.2, 0.25) is 0 Å². The molecular weight excluding hydrogens is 300 g/mol. The Bertz CT molecular complexity index is 494. The van der Waals surface area contributed by atoms with Crippen molar-refractivity contribution < 1.29 is 14.5 Å². The molecule has 0 bridgehead atoms. The smallest absolute Gasteiger partial charge is 0.349 e. The highest BCUT2D eigenvalue weighted by atomic mass is 16.4. The standard InChI is InChI=1S/C20H36N2O2/c1-5-7-8-9-10-11-12-13-14-15-19-21(6-2)17(3)16-22(19)18(4)20(23)24/h16,18H,5-15H2,1-4H3/p+1. The van der Waals surface area contributed by atoms with Gasteiger partial charge in [-0.3, -0.25) is 0 Å². The molecule has 0 fully saturated rings. The molecule has 24 heavy (non-hydrogen) atoms. The number of aliphatic carboxylic acids is 1. The predicted molar refractivity (Wildman–Crippen MR) is 98.3 cm³/mol. The Hall–Kier alpha value is -1.32. The molecule has 0 aliphatic carbocycles. The summed E-state index contributed by atoms with van der Waals surface area (Å²) in [6.07, 6.45) is 14.8. The number of aryl methyl sites for hydroxylation is 1. The first-order valence-electron chi connectivity index (χ1n) is 9.85. The summed E-state index contributed by atoms with van der Waals surface area (Å²) in [5, 5.41) is 9.33. The maximum absolute atomic E-state index is 11.4. The third kappa shape index (κ3) is 6.29. The molecule has 4 heteroatoms. The number of nitrogens with zero attached hydrogens (tertiary/aromatic N) is 2. The molecule has 0 radical (unpaired) electrons. The average molecular weight is 338 g/mol. The third-order valence-corrected chi connectivity index (χ3v) is 4.96. The fourth-order valence-electron chi connectivity index (χ4n) is 3.43. The van der Waals surface area contributed by atoms with Crippen LogP contribution < -0.4 is 4.57 Å². The van der Waals surface area contributed by atoms with Crippen LogP contribution in [0.3, 0.4) is 0 Å². The number of carboxylic acid groups (broad SMARTS) is 1. The number of aromatic nitrogens is 2. The number of imidazole rings is 1. The maximum Gasteiger partial charge on any atom is 0.349 e. The summed E-state index contributed by atoms with van der Waals surface area (Å²) in [6.45, 7) is 9.11. The lowest BCUT2D eigenvalue weighted by molar-refractivity contribution is -0.714. The Balaban J connectivity index is 2.45. The number of rotatable bonds is 13. The van der Waals surface area contributed by atoms with Crippen LogP contribution in [0.15, 0.2) is 6.20 Å². The molecule has 0 aliphatic heterocycles. The highest BCUT2D eigenvalue weighted by Crippen LogP contribution is 2.13. The fourth-order valence-corrected chi connectivity index (χ4v) is 3.43. The minimum atomic E-state index is -0.762. The first-order chi connectivity index (χ1) is 11.5. The second kappa shape index (κ2) is 11.3. The van der Waals surface area contributed by atoms with Crippen molar-refractivity contribution in [1.82, 2.24) is 4.57 Å². The van der Waals surface area contributed by atoms with Gasteiger partial charge in [0.2, 0.25) is 0 Å². The lowest BCUT2D eigenvalue weighted by atomic mass is 10.1. The Kier molecular flexibility index (Phi) is 9.73. The molecule has 1 aromatic heterocycles. The topological polar surface area (TPSA) is 46.1 Å². The summed E-state index contributed by atoms with van der Waals surface area (Å²) in [4.78, 5) is 11.4. The first kappa shape index (κ1) is 20.7. The average Bonchev–Trinajstić information content (AvgIpc) is 2.88. The molecule has 1 heterocycles. The number of unbranched alkanes of at least 4 members (excludes halogenated alkanes) is 8. The quantitative estimate of drug-likeness (QED) is 0.414. The Morgan fingerprint density at radius 2 is 1.62 bits per heavy atom. The molecule has 0 amide bonds. The van der Waals surface area contributed by atoms with Crippen LogP contribution in [0.4, 0.5) is 0 Å². The highest BCUT2D eigenvalue weighted by molar-refractivity contribution is 5.69. The summed E-state index contributed by atoms with van der Waals surface area (Å²) in [6, 6.07) is -0.495. The van der Waals surface area contributed by atoms with Crippen molar-refractivity contribution in [3.05, 3.63) is 17.7 Å². The van der Waals surface area contributed by atoms with Gasteiger partial charge in [0.1, 0.15) is 11.9 Å². The van der Waals surface area contributed by atoms with Crippen molar-refractivity contribution in [2.75, 3.05) is 0 Å². The second-order valence-corrected chi connectivity index (χ2v) is 6.93. The molecular formula is C20H37N2O2+. The summed E-state index contributed by atoms with van der Waals surface area (Å²) in [7, 11) is 0. The van der Waals surface area contributed by atoms with Gasteiger partial charge in [0, 0.05) is 13.3 Å². The number of hydrogen-bond donors (Lipinski definition) is 1. The molecule has 1 atom stereocenters. The van der Waals surface area contributed by atoms with Crippen molar-refractivity contribution >= 4 is 5.97 Å². The van der Waals surface area contributed by atoms with E-state index in [1.807, 2.05) is 10.8 Å². The van der Waals surface area contributed by atoms with Crippen LogP contribution in [0.5, 0.6) is 0 Å². The van der Waals surface area contributed by atoms with E-state index in [1.165, 1.54) is 51.4 Å². The Morgan fingerprint density at radius 1 is 1.08 bits per heavy atom. The van der Waals surface area contributed by atoms with Crippen LogP contribution in [-0.2, 0) is 17.8 Å². The van der Waals surface area contributed by atoms with Gasteiger partial charge in [-0.05, 0) is 20.3 Å². The third-order valence-electron chi connectivity index (χ3n) is 4.96. The summed E-state index contributed by atoms with van der Waals surface area (Å²) in [5.41, 5.74) is 1.15. The van der Waals surface area contributed by atoms with E-state index in [2.05, 4.69) is 25.3 Å². The molecule has 4 nitrogen and oxygen atoms in total. The maximum atomic E-state index is 11.4. The SMILES string of the molecule is CCCCCCCCCCCc1n(CC)c(C)c[n+]1C(C)C(=O)O. The van der Waals surface area contributed by atoms with Crippen molar-refractivity contribution in [3.8, 4) is 0 Å². The van der Waals surface area contributed by atoms with Gasteiger partial charge in [-0.1, -0.05) is 58.3 Å². The Morgan fingerprint density at radius 3 is 2.12 bits per heavy atom. The lowest BCUT2D eigenvalue weighted by Crippen LogP contribution is -2.44. The normalized spacial score (nSPS) is 12.5. The van der Waals surface area contributed by atoms with Crippen molar-refractivity contribution in [3.63, 3.8) is 0 Å². The summed E-state index contributed by atoms with van der Waals surface area (Å²) < 4.78 is 4.20. The van der Waals surface area contributed by atoms with E-state index in [4.69, 9.17) is 0 Å². The zero-order valence-electron chi connectivity index (χ0n) is 16.2. The van der Waals surface area contributed by atoms with Crippen LogP contribution >= 0.6 is 0 Å². The monoisotopic (exact) mass is 337 g/mol. The predicted octanol–water partition coefficient (Wildman–Crippen LogP) is 4.82. The zero-order chi connectivity index (χ0) is 17.9. The van der Waals surface area contributed by atoms with Gasteiger partial charge in [0.15, 0.2) is 6.04 Å². The number of carbonyl (C=O) groups is 1. The van der Waals surface area contributed by atoms with E-state index in [9.17, 15) is 9.90 Å². The van der Waals surface area contributed by atoms with E-state index in [0.717, 1.165) is 30.9 Å². The molecule has 0 aromatic carbocycles. The van der Waals surface area contributed by atoms with Crippen LogP contribution in [-0.4, -0.2) is 15.6 Å². The van der Waals surface area contributed by atoms with Gasteiger partial charge in [-0.2, -0.15) is 0 Å². The fraction of sp³-hybridized carbons (Fsp3) is 0.800. The van der Waals surface area contributed by atoms with Gasteiger partial charge < -0.3 is 5.11 Å².